The number of methoxy groups -OCH3 is 2. The Morgan fingerprint density at radius 3 is 2.78 bits per heavy atom. The van der Waals surface area contributed by atoms with Gasteiger partial charge in [-0.15, -0.1) is 0 Å². The molecule has 5 N–H and O–H groups in total. The molecule has 3 aromatic rings. The molecule has 11 heteroatoms. The second-order valence-corrected chi connectivity index (χ2v) is 11.9. The van der Waals surface area contributed by atoms with Gasteiger partial charge in [0, 0.05) is 19.7 Å². The normalized spacial score (nSPS) is 25.2. The number of hydrogen-bond acceptors (Lipinski definition) is 8. The number of benzene rings is 1. The van der Waals surface area contributed by atoms with E-state index < -0.39 is 6.10 Å². The number of piperidine rings is 1. The van der Waals surface area contributed by atoms with E-state index in [9.17, 15) is 9.90 Å². The minimum absolute atomic E-state index is 0.144. The van der Waals surface area contributed by atoms with Gasteiger partial charge in [-0.05, 0) is 67.8 Å². The number of nitrogens with zero attached hydrogens (tertiary/aromatic N) is 3. The number of aromatic nitrogens is 3. The first-order chi connectivity index (χ1) is 19.9. The smallest absolute Gasteiger partial charge is 0.223 e. The lowest BCUT2D eigenvalue weighted by molar-refractivity contribution is -0.122. The molecule has 0 radical (unpaired) electrons. The summed E-state index contributed by atoms with van der Waals surface area (Å²) in [5.74, 6) is 1.54. The molecule has 1 amide bonds. The highest BCUT2D eigenvalue weighted by atomic mass is 35.5. The first-order valence-corrected chi connectivity index (χ1v) is 14.6. The second kappa shape index (κ2) is 11.6. The van der Waals surface area contributed by atoms with Crippen molar-refractivity contribution in [1.82, 2.24) is 19.9 Å². The molecule has 1 aromatic carbocycles. The van der Waals surface area contributed by atoms with Gasteiger partial charge in [0.2, 0.25) is 5.91 Å². The van der Waals surface area contributed by atoms with Gasteiger partial charge in [0.25, 0.3) is 0 Å². The predicted octanol–water partition coefficient (Wildman–Crippen LogP) is 3.56. The number of pyridine rings is 1. The number of carbonyl (C=O) groups excluding carboxylic acids is 1. The summed E-state index contributed by atoms with van der Waals surface area (Å²) < 4.78 is 10.9. The monoisotopic (exact) mass is 580 g/mol. The molecule has 218 valence electrons. The molecule has 0 unspecified atom stereocenters. The average Bonchev–Trinajstić information content (AvgIpc) is 3.70. The molecule has 3 aliphatic rings. The van der Waals surface area contributed by atoms with Crippen molar-refractivity contribution in [2.75, 3.05) is 45.8 Å². The van der Waals surface area contributed by atoms with Gasteiger partial charge in [0.15, 0.2) is 5.65 Å². The number of halogens is 1. The number of hydrogen-bond donors (Lipinski definition) is 4. The van der Waals surface area contributed by atoms with Crippen LogP contribution in [0.4, 0.5) is 5.69 Å². The Morgan fingerprint density at radius 1 is 1.27 bits per heavy atom. The number of primary amides is 1. The molecule has 6 rings (SSSR count). The maximum Gasteiger partial charge on any atom is 0.223 e. The summed E-state index contributed by atoms with van der Waals surface area (Å²) in [6.45, 7) is 2.84. The topological polar surface area (TPSA) is 139 Å². The molecule has 1 aliphatic heterocycles. The third kappa shape index (κ3) is 5.41. The third-order valence-electron chi connectivity index (χ3n) is 8.93. The van der Waals surface area contributed by atoms with Gasteiger partial charge in [0.1, 0.15) is 17.1 Å². The third-order valence-corrected chi connectivity index (χ3v) is 9.22. The fourth-order valence-corrected chi connectivity index (χ4v) is 7.11. The van der Waals surface area contributed by atoms with Gasteiger partial charge in [-0.1, -0.05) is 29.8 Å². The predicted molar refractivity (Wildman–Crippen MR) is 158 cm³/mol. The number of rotatable bonds is 10. The van der Waals surface area contributed by atoms with Crippen LogP contribution < -0.4 is 15.8 Å². The Kier molecular flexibility index (Phi) is 7.91. The molecule has 1 saturated heterocycles. The molecule has 1 saturated carbocycles. The van der Waals surface area contributed by atoms with E-state index in [0.717, 1.165) is 43.7 Å². The Morgan fingerprint density at radius 2 is 2.05 bits per heavy atom. The lowest BCUT2D eigenvalue weighted by Gasteiger charge is -2.33. The van der Waals surface area contributed by atoms with Crippen molar-refractivity contribution >= 4 is 34.4 Å². The van der Waals surface area contributed by atoms with Gasteiger partial charge < -0.3 is 35.5 Å². The molecule has 10 nitrogen and oxygen atoms in total. The molecule has 2 bridgehead atoms. The van der Waals surface area contributed by atoms with E-state index in [-0.39, 0.29) is 29.7 Å². The number of fused-ring (bicyclic) bond motifs is 3. The highest BCUT2D eigenvalue weighted by Gasteiger charge is 2.47. The fourth-order valence-electron chi connectivity index (χ4n) is 6.92. The maximum atomic E-state index is 12.3. The number of anilines is 1. The second-order valence-electron chi connectivity index (χ2n) is 11.5. The molecule has 2 aromatic heterocycles. The van der Waals surface area contributed by atoms with E-state index in [2.05, 4.69) is 44.5 Å². The number of allylic oxidation sites excluding steroid dienone is 1. The molecule has 2 fully saturated rings. The zero-order valence-corrected chi connectivity index (χ0v) is 24.1. The standard InChI is InChI=1S/C30H37ClN6O4/c1-40-15-20(38)14-37-9-7-16(8-10-37)17-5-6-21(23(12-17)41-2)29-35-27-26(22(31)13-33-30(27)36-29)34-25-19-4-3-18(11-19)24(25)28(32)39/h3-6,12-13,16,18-20,24-25,38H,7-11,14-15H2,1-2H3,(H2,32,39)(H2,33,34,35,36)/t18-,19+,20-,24+,25-/m1/s1. The van der Waals surface area contributed by atoms with Crippen molar-refractivity contribution in [2.24, 2.45) is 23.5 Å². The fraction of sp³-hybridized carbons (Fsp3) is 0.500. The molecule has 41 heavy (non-hydrogen) atoms. The van der Waals surface area contributed by atoms with Crippen molar-refractivity contribution in [2.45, 2.75) is 37.3 Å². The van der Waals surface area contributed by atoms with Crippen LogP contribution in [-0.2, 0) is 9.53 Å². The Bertz CT molecular complexity index is 1450. The van der Waals surface area contributed by atoms with Crippen LogP contribution in [0, 0.1) is 17.8 Å². The molecule has 0 spiro atoms. The van der Waals surface area contributed by atoms with Crippen molar-refractivity contribution in [3.05, 3.63) is 47.1 Å². The first kappa shape index (κ1) is 28.0. The molecule has 2 aliphatic carbocycles. The van der Waals surface area contributed by atoms with Crippen LogP contribution in [0.15, 0.2) is 36.5 Å². The van der Waals surface area contributed by atoms with E-state index in [0.29, 0.717) is 46.8 Å². The number of aromatic amines is 1. The number of β-amino-alcohol motifs (C(OH)–C–C–N with tert-alkyl or cyclic N) is 1. The quantitative estimate of drug-likeness (QED) is 0.267. The minimum atomic E-state index is -0.463. The molecular formula is C30H37ClN6O4. The van der Waals surface area contributed by atoms with Crippen molar-refractivity contribution in [3.63, 3.8) is 0 Å². The number of H-pyrrole nitrogens is 1. The van der Waals surface area contributed by atoms with Crippen LogP contribution in [0.2, 0.25) is 5.02 Å². The van der Waals surface area contributed by atoms with Crippen LogP contribution in [-0.4, -0.2) is 83.5 Å². The van der Waals surface area contributed by atoms with E-state index in [1.807, 2.05) is 6.07 Å². The Hall–Kier alpha value is -3.18. The summed E-state index contributed by atoms with van der Waals surface area (Å²) in [5, 5.41) is 14.0. The molecule has 5 atom stereocenters. The van der Waals surface area contributed by atoms with E-state index in [1.165, 1.54) is 5.56 Å². The number of nitrogens with two attached hydrogens (primary N) is 1. The SMILES string of the molecule is COC[C@H](O)CN1CCC(c2ccc(-c3nc4c(N[C@H]5[C@@H](C(N)=O)[C@@H]6C=C[C@H]5C6)c(Cl)cnc4[nH]3)c(OC)c2)CC1. The van der Waals surface area contributed by atoms with E-state index in [1.54, 1.807) is 20.4 Å². The summed E-state index contributed by atoms with van der Waals surface area (Å²) >= 11 is 6.62. The van der Waals surface area contributed by atoms with Gasteiger partial charge in [-0.2, -0.15) is 0 Å². The largest absolute Gasteiger partial charge is 0.496 e. The van der Waals surface area contributed by atoms with Crippen LogP contribution in [0.5, 0.6) is 5.75 Å². The highest BCUT2D eigenvalue weighted by Crippen LogP contribution is 2.46. The van der Waals surface area contributed by atoms with Crippen molar-refractivity contribution < 1.29 is 19.4 Å². The number of aliphatic hydroxyl groups is 1. The number of aliphatic hydroxyl groups excluding tert-OH is 1. The van der Waals surface area contributed by atoms with Crippen LogP contribution in [0.3, 0.4) is 0 Å². The number of imidazole rings is 1. The molecular weight excluding hydrogens is 544 g/mol. The summed E-state index contributed by atoms with van der Waals surface area (Å²) in [6.07, 6.45) is 8.31. The summed E-state index contributed by atoms with van der Waals surface area (Å²) in [4.78, 5) is 27.3. The van der Waals surface area contributed by atoms with Gasteiger partial charge in [0.05, 0.1) is 48.2 Å². The van der Waals surface area contributed by atoms with Gasteiger partial charge >= 0.3 is 0 Å². The Labute approximate surface area is 244 Å². The van der Waals surface area contributed by atoms with Crippen LogP contribution in [0.25, 0.3) is 22.6 Å². The number of carbonyl (C=O) groups is 1. The number of nitrogens with one attached hydrogen (secondary N) is 2. The van der Waals surface area contributed by atoms with Crippen molar-refractivity contribution in [3.8, 4) is 17.1 Å². The number of likely N-dealkylation sites (tertiary alicyclic amines) is 1. The summed E-state index contributed by atoms with van der Waals surface area (Å²) in [6, 6.07) is 6.14. The van der Waals surface area contributed by atoms with Crippen LogP contribution in [0.1, 0.15) is 30.7 Å². The first-order valence-electron chi connectivity index (χ1n) is 14.2. The number of ether oxygens (including phenoxy) is 2. The lowest BCUT2D eigenvalue weighted by atomic mass is 9.88. The highest BCUT2D eigenvalue weighted by molar-refractivity contribution is 6.34. The Balaban J connectivity index is 1.23. The van der Waals surface area contributed by atoms with E-state index in [4.69, 9.17) is 31.8 Å². The number of amides is 1. The zero-order chi connectivity index (χ0) is 28.7. The molecule has 3 heterocycles. The van der Waals surface area contributed by atoms with Crippen LogP contribution >= 0.6 is 11.6 Å². The van der Waals surface area contributed by atoms with Crippen molar-refractivity contribution in [1.29, 1.82) is 0 Å². The minimum Gasteiger partial charge on any atom is -0.496 e. The lowest BCUT2D eigenvalue weighted by Crippen LogP contribution is -2.41. The van der Waals surface area contributed by atoms with Gasteiger partial charge in [-0.3, -0.25) is 4.79 Å². The average molecular weight is 581 g/mol. The van der Waals surface area contributed by atoms with Gasteiger partial charge in [-0.25, -0.2) is 9.97 Å². The van der Waals surface area contributed by atoms with E-state index >= 15 is 0 Å². The maximum absolute atomic E-state index is 12.3. The summed E-state index contributed by atoms with van der Waals surface area (Å²) in [5.41, 5.74) is 9.69. The zero-order valence-electron chi connectivity index (χ0n) is 23.3. The summed E-state index contributed by atoms with van der Waals surface area (Å²) in [7, 11) is 3.27.